The van der Waals surface area contributed by atoms with E-state index in [4.69, 9.17) is 0 Å². The lowest BCUT2D eigenvalue weighted by Gasteiger charge is -2.16. The Hall–Kier alpha value is -2.08. The largest absolute Gasteiger partial charge is 0.0610 e. The monoisotopic (exact) mass is 244 g/mol. The maximum absolute atomic E-state index is 2.35. The maximum atomic E-state index is 2.35. The van der Waals surface area contributed by atoms with Gasteiger partial charge in [0.25, 0.3) is 0 Å². The fraction of sp³-hybridized carbons (Fsp3) is 0.158. The van der Waals surface area contributed by atoms with Crippen LogP contribution in [0, 0.1) is 20.8 Å². The molecule has 0 bridgehead atoms. The second-order valence-electron chi connectivity index (χ2n) is 5.63. The molecule has 0 spiro atoms. The van der Waals surface area contributed by atoms with Gasteiger partial charge in [0.05, 0.1) is 0 Å². The first-order valence-electron chi connectivity index (χ1n) is 6.81. The molecule has 0 aliphatic rings. The maximum Gasteiger partial charge on any atom is -0.00237 e. The number of benzene rings is 4. The van der Waals surface area contributed by atoms with Crippen LogP contribution in [-0.4, -0.2) is 0 Å². The molecule has 0 nitrogen and oxygen atoms in total. The van der Waals surface area contributed by atoms with Crippen molar-refractivity contribution >= 4 is 32.3 Å². The van der Waals surface area contributed by atoms with E-state index in [-0.39, 0.29) is 0 Å². The number of aryl methyl sites for hydroxylation is 3. The van der Waals surface area contributed by atoms with Gasteiger partial charge in [-0.2, -0.15) is 0 Å². The van der Waals surface area contributed by atoms with Crippen LogP contribution in [0.2, 0.25) is 0 Å². The second-order valence-corrected chi connectivity index (χ2v) is 5.63. The summed E-state index contributed by atoms with van der Waals surface area (Å²) in [5.74, 6) is 0. The van der Waals surface area contributed by atoms with Gasteiger partial charge in [-0.3, -0.25) is 0 Å². The Labute approximate surface area is 113 Å². The molecule has 0 saturated heterocycles. The Morgan fingerprint density at radius 1 is 0.632 bits per heavy atom. The van der Waals surface area contributed by atoms with Gasteiger partial charge in [0.2, 0.25) is 0 Å². The third kappa shape index (κ3) is 1.29. The number of hydrogen-bond acceptors (Lipinski definition) is 0. The normalized spacial score (nSPS) is 11.9. The summed E-state index contributed by atoms with van der Waals surface area (Å²) in [6, 6.07) is 15.8. The summed E-state index contributed by atoms with van der Waals surface area (Å²) in [5.41, 5.74) is 4.17. The van der Waals surface area contributed by atoms with E-state index in [9.17, 15) is 0 Å². The third-order valence-corrected chi connectivity index (χ3v) is 4.50. The number of rotatable bonds is 0. The van der Waals surface area contributed by atoms with Gasteiger partial charge in [0, 0.05) is 0 Å². The van der Waals surface area contributed by atoms with Crippen LogP contribution in [0.1, 0.15) is 16.7 Å². The lowest BCUT2D eigenvalue weighted by molar-refractivity contribution is 1.39. The van der Waals surface area contributed by atoms with Gasteiger partial charge >= 0.3 is 0 Å². The first-order valence-corrected chi connectivity index (χ1v) is 6.81. The molecule has 4 aromatic rings. The van der Waals surface area contributed by atoms with E-state index in [0.717, 1.165) is 0 Å². The molecule has 0 fully saturated rings. The summed E-state index contributed by atoms with van der Waals surface area (Å²) in [6.07, 6.45) is 0. The van der Waals surface area contributed by atoms with Crippen LogP contribution in [0.4, 0.5) is 0 Å². The average molecular weight is 244 g/mol. The van der Waals surface area contributed by atoms with E-state index in [1.807, 2.05) is 0 Å². The van der Waals surface area contributed by atoms with E-state index in [0.29, 0.717) is 0 Å². The Morgan fingerprint density at radius 2 is 1.37 bits per heavy atom. The quantitative estimate of drug-likeness (QED) is 0.358. The van der Waals surface area contributed by atoms with Crippen LogP contribution < -0.4 is 0 Å². The Bertz CT molecular complexity index is 929. The summed E-state index contributed by atoms with van der Waals surface area (Å²) >= 11 is 0. The SMILES string of the molecule is Cc1cc2ccc3cccc4c(C)cc(c1C)c2c34. The molecule has 0 N–H and O–H groups in total. The highest BCUT2D eigenvalue weighted by atomic mass is 14.2. The van der Waals surface area contributed by atoms with Crippen LogP contribution >= 0.6 is 0 Å². The molecule has 19 heavy (non-hydrogen) atoms. The van der Waals surface area contributed by atoms with Gasteiger partial charge < -0.3 is 0 Å². The summed E-state index contributed by atoms with van der Waals surface area (Å²) < 4.78 is 0. The average Bonchev–Trinajstić information content (AvgIpc) is 2.42. The fourth-order valence-corrected chi connectivity index (χ4v) is 3.35. The molecule has 0 aliphatic heterocycles. The molecule has 0 aliphatic carbocycles. The topological polar surface area (TPSA) is 0 Å². The predicted octanol–water partition coefficient (Wildman–Crippen LogP) is 5.51. The minimum atomic E-state index is 1.35. The van der Waals surface area contributed by atoms with E-state index >= 15 is 0 Å². The van der Waals surface area contributed by atoms with E-state index in [2.05, 4.69) is 63.2 Å². The molecule has 0 amide bonds. The van der Waals surface area contributed by atoms with Crippen LogP contribution in [0.15, 0.2) is 42.5 Å². The van der Waals surface area contributed by atoms with Crippen molar-refractivity contribution in [3.8, 4) is 0 Å². The molecular formula is C19H16. The number of hydrogen-bond donors (Lipinski definition) is 0. The van der Waals surface area contributed by atoms with Crippen molar-refractivity contribution in [2.24, 2.45) is 0 Å². The van der Waals surface area contributed by atoms with Crippen molar-refractivity contribution in [2.45, 2.75) is 20.8 Å². The Balaban J connectivity index is 2.47. The van der Waals surface area contributed by atoms with Crippen LogP contribution in [-0.2, 0) is 0 Å². The fourth-order valence-electron chi connectivity index (χ4n) is 3.35. The van der Waals surface area contributed by atoms with E-state index in [1.54, 1.807) is 0 Å². The highest BCUT2D eigenvalue weighted by Gasteiger charge is 2.12. The molecule has 0 unspecified atom stereocenters. The highest BCUT2D eigenvalue weighted by Crippen LogP contribution is 2.38. The van der Waals surface area contributed by atoms with Gasteiger partial charge in [0.1, 0.15) is 0 Å². The van der Waals surface area contributed by atoms with Crippen molar-refractivity contribution in [3.05, 3.63) is 59.2 Å². The molecule has 4 aromatic carbocycles. The highest BCUT2D eigenvalue weighted by molar-refractivity contribution is 6.24. The van der Waals surface area contributed by atoms with Crippen LogP contribution in [0.3, 0.4) is 0 Å². The molecule has 0 radical (unpaired) electrons. The summed E-state index contributed by atoms with van der Waals surface area (Å²) in [4.78, 5) is 0. The van der Waals surface area contributed by atoms with Gasteiger partial charge in [-0.05, 0) is 69.8 Å². The van der Waals surface area contributed by atoms with Crippen LogP contribution in [0.5, 0.6) is 0 Å². The summed E-state index contributed by atoms with van der Waals surface area (Å²) in [5, 5.41) is 8.37. The minimum Gasteiger partial charge on any atom is -0.0610 e. The molecule has 0 heteroatoms. The standard InChI is InChI=1S/C19H16/c1-11-9-15-8-7-14-5-4-6-16-12(2)10-17(13(11)3)19(15)18(14)16/h4-10H,1-3H3. The molecular weight excluding hydrogens is 228 g/mol. The van der Waals surface area contributed by atoms with Crippen molar-refractivity contribution in [3.63, 3.8) is 0 Å². The smallest absolute Gasteiger partial charge is 0.00237 e. The first kappa shape index (κ1) is 10.8. The zero-order valence-electron chi connectivity index (χ0n) is 11.5. The van der Waals surface area contributed by atoms with Crippen LogP contribution in [0.25, 0.3) is 32.3 Å². The van der Waals surface area contributed by atoms with Crippen molar-refractivity contribution < 1.29 is 0 Å². The zero-order valence-corrected chi connectivity index (χ0v) is 11.5. The molecule has 0 saturated carbocycles. The van der Waals surface area contributed by atoms with E-state index in [1.165, 1.54) is 49.0 Å². The Kier molecular flexibility index (Phi) is 1.98. The molecule has 92 valence electrons. The predicted molar refractivity (Wildman–Crippen MR) is 84.4 cm³/mol. The summed E-state index contributed by atoms with van der Waals surface area (Å²) in [6.45, 7) is 6.66. The Morgan fingerprint density at radius 3 is 2.21 bits per heavy atom. The van der Waals surface area contributed by atoms with Crippen molar-refractivity contribution in [2.75, 3.05) is 0 Å². The lowest BCUT2D eigenvalue weighted by Crippen LogP contribution is -1.91. The lowest BCUT2D eigenvalue weighted by atomic mass is 9.88. The van der Waals surface area contributed by atoms with Gasteiger partial charge in [-0.15, -0.1) is 0 Å². The van der Waals surface area contributed by atoms with Crippen molar-refractivity contribution in [1.29, 1.82) is 0 Å². The third-order valence-electron chi connectivity index (χ3n) is 4.50. The summed E-state index contributed by atoms with van der Waals surface area (Å²) in [7, 11) is 0. The molecule has 0 aromatic heterocycles. The molecule has 4 rings (SSSR count). The first-order chi connectivity index (χ1) is 9.16. The second kappa shape index (κ2) is 3.48. The molecule has 0 heterocycles. The zero-order chi connectivity index (χ0) is 13.1. The molecule has 0 atom stereocenters. The minimum absolute atomic E-state index is 1.35. The van der Waals surface area contributed by atoms with E-state index < -0.39 is 0 Å². The van der Waals surface area contributed by atoms with Crippen molar-refractivity contribution in [1.82, 2.24) is 0 Å². The van der Waals surface area contributed by atoms with Gasteiger partial charge in [-0.25, -0.2) is 0 Å². The van der Waals surface area contributed by atoms with Gasteiger partial charge in [0.15, 0.2) is 0 Å². The van der Waals surface area contributed by atoms with Gasteiger partial charge in [-0.1, -0.05) is 42.5 Å².